The Morgan fingerprint density at radius 1 is 1.00 bits per heavy atom. The van der Waals surface area contributed by atoms with E-state index < -0.39 is 23.7 Å². The van der Waals surface area contributed by atoms with Gasteiger partial charge in [-0.2, -0.15) is 0 Å². The molecule has 1 unspecified atom stereocenters. The second-order valence-corrected chi connectivity index (χ2v) is 6.42. The zero-order valence-electron chi connectivity index (χ0n) is 13.9. The van der Waals surface area contributed by atoms with Gasteiger partial charge in [0.15, 0.2) is 0 Å². The van der Waals surface area contributed by atoms with E-state index in [1.54, 1.807) is 39.0 Å². The van der Waals surface area contributed by atoms with Crippen LogP contribution in [0.25, 0.3) is 0 Å². The summed E-state index contributed by atoms with van der Waals surface area (Å²) in [7, 11) is 0. The maximum atomic E-state index is 12.2. The smallest absolute Gasteiger partial charge is 0.408 e. The molecule has 5 heteroatoms. The zero-order chi connectivity index (χ0) is 17.7. The van der Waals surface area contributed by atoms with Crippen LogP contribution in [0.4, 0.5) is 4.79 Å². The maximum Gasteiger partial charge on any atom is 0.408 e. The molecule has 0 heterocycles. The lowest BCUT2D eigenvalue weighted by atomic mass is 9.97. The largest absolute Gasteiger partial charge is 0.478 e. The van der Waals surface area contributed by atoms with Crippen LogP contribution < -0.4 is 5.32 Å². The van der Waals surface area contributed by atoms with E-state index in [4.69, 9.17) is 4.74 Å². The first-order valence-electron chi connectivity index (χ1n) is 7.64. The van der Waals surface area contributed by atoms with Gasteiger partial charge in [-0.15, -0.1) is 0 Å². The van der Waals surface area contributed by atoms with E-state index in [9.17, 15) is 14.7 Å². The predicted octanol–water partition coefficient (Wildman–Crippen LogP) is 4.00. The van der Waals surface area contributed by atoms with Crippen LogP contribution in [0.2, 0.25) is 0 Å². The molecule has 0 radical (unpaired) electrons. The minimum atomic E-state index is -1.01. The Hall–Kier alpha value is -2.82. The average molecular weight is 327 g/mol. The van der Waals surface area contributed by atoms with Gasteiger partial charge in [0.1, 0.15) is 5.60 Å². The van der Waals surface area contributed by atoms with Crippen LogP contribution in [0, 0.1) is 0 Å². The zero-order valence-corrected chi connectivity index (χ0v) is 13.9. The predicted molar refractivity (Wildman–Crippen MR) is 91.1 cm³/mol. The summed E-state index contributed by atoms with van der Waals surface area (Å²) < 4.78 is 5.32. The van der Waals surface area contributed by atoms with Crippen molar-refractivity contribution in [3.8, 4) is 0 Å². The van der Waals surface area contributed by atoms with Crippen molar-refractivity contribution in [1.82, 2.24) is 5.32 Å². The Kier molecular flexibility index (Phi) is 5.24. The molecule has 2 aromatic rings. The van der Waals surface area contributed by atoms with Crippen LogP contribution in [-0.2, 0) is 4.74 Å². The van der Waals surface area contributed by atoms with E-state index in [-0.39, 0.29) is 5.56 Å². The minimum Gasteiger partial charge on any atom is -0.478 e. The molecule has 5 nitrogen and oxygen atoms in total. The summed E-state index contributed by atoms with van der Waals surface area (Å²) in [4.78, 5) is 23.4. The van der Waals surface area contributed by atoms with Crippen LogP contribution in [-0.4, -0.2) is 22.8 Å². The summed E-state index contributed by atoms with van der Waals surface area (Å²) in [6.07, 6.45) is -0.558. The molecular weight excluding hydrogens is 306 g/mol. The van der Waals surface area contributed by atoms with Gasteiger partial charge in [0.25, 0.3) is 0 Å². The second kappa shape index (κ2) is 7.17. The summed E-state index contributed by atoms with van der Waals surface area (Å²) in [5, 5.41) is 12.0. The van der Waals surface area contributed by atoms with Gasteiger partial charge < -0.3 is 15.2 Å². The van der Waals surface area contributed by atoms with Gasteiger partial charge in [-0.3, -0.25) is 0 Å². The number of ether oxygens (including phenoxy) is 1. The van der Waals surface area contributed by atoms with Crippen molar-refractivity contribution in [2.45, 2.75) is 32.4 Å². The Labute approximate surface area is 141 Å². The van der Waals surface area contributed by atoms with E-state index >= 15 is 0 Å². The van der Waals surface area contributed by atoms with Gasteiger partial charge in [-0.05, 0) is 44.0 Å². The van der Waals surface area contributed by atoms with Crippen molar-refractivity contribution in [2.24, 2.45) is 0 Å². The van der Waals surface area contributed by atoms with Crippen molar-refractivity contribution in [3.05, 3.63) is 71.3 Å². The van der Waals surface area contributed by atoms with Crippen LogP contribution in [0.1, 0.15) is 48.3 Å². The quantitative estimate of drug-likeness (QED) is 0.890. The van der Waals surface area contributed by atoms with Crippen LogP contribution in [0.15, 0.2) is 54.6 Å². The van der Waals surface area contributed by atoms with Crippen molar-refractivity contribution in [3.63, 3.8) is 0 Å². The van der Waals surface area contributed by atoms with Crippen molar-refractivity contribution in [2.75, 3.05) is 0 Å². The number of aromatic carboxylic acids is 1. The molecular formula is C19H21NO4. The minimum absolute atomic E-state index is 0.166. The molecule has 0 aliphatic heterocycles. The van der Waals surface area contributed by atoms with Gasteiger partial charge in [-0.25, -0.2) is 9.59 Å². The van der Waals surface area contributed by atoms with E-state index in [2.05, 4.69) is 5.32 Å². The SMILES string of the molecule is CC(C)(C)OC(=O)NC(c1ccccc1)c1cccc(C(=O)O)c1. The second-order valence-electron chi connectivity index (χ2n) is 6.42. The molecule has 1 amide bonds. The fraction of sp³-hybridized carbons (Fsp3) is 0.263. The molecule has 0 aliphatic carbocycles. The lowest BCUT2D eigenvalue weighted by molar-refractivity contribution is 0.0512. The average Bonchev–Trinajstić information content (AvgIpc) is 2.52. The van der Waals surface area contributed by atoms with Crippen molar-refractivity contribution in [1.29, 1.82) is 0 Å². The third-order valence-corrected chi connectivity index (χ3v) is 3.26. The third-order valence-electron chi connectivity index (χ3n) is 3.26. The molecule has 2 aromatic carbocycles. The van der Waals surface area contributed by atoms with Gasteiger partial charge in [0, 0.05) is 0 Å². The third kappa shape index (κ3) is 4.84. The fourth-order valence-corrected chi connectivity index (χ4v) is 2.28. The molecule has 0 saturated carbocycles. The van der Waals surface area contributed by atoms with Gasteiger partial charge >= 0.3 is 12.1 Å². The first-order valence-corrected chi connectivity index (χ1v) is 7.64. The van der Waals surface area contributed by atoms with Crippen molar-refractivity contribution < 1.29 is 19.4 Å². The number of amides is 1. The summed E-state index contributed by atoms with van der Waals surface area (Å²) in [6.45, 7) is 5.36. The number of hydrogen-bond acceptors (Lipinski definition) is 3. The number of nitrogens with one attached hydrogen (secondary N) is 1. The molecule has 126 valence electrons. The van der Waals surface area contributed by atoms with Gasteiger partial charge in [-0.1, -0.05) is 42.5 Å². The normalized spacial score (nSPS) is 12.3. The molecule has 24 heavy (non-hydrogen) atoms. The first kappa shape index (κ1) is 17.5. The van der Waals surface area contributed by atoms with E-state index in [0.717, 1.165) is 5.56 Å². The molecule has 1 atom stereocenters. The van der Waals surface area contributed by atoms with E-state index in [0.29, 0.717) is 5.56 Å². The summed E-state index contributed by atoms with van der Waals surface area (Å²) in [5.74, 6) is -1.01. The number of carboxylic acids is 1. The maximum absolute atomic E-state index is 12.2. The number of benzene rings is 2. The number of alkyl carbamates (subject to hydrolysis) is 1. The standard InChI is InChI=1S/C19H21NO4/c1-19(2,3)24-18(23)20-16(13-8-5-4-6-9-13)14-10-7-11-15(12-14)17(21)22/h4-12,16H,1-3H3,(H,20,23)(H,21,22). The molecule has 2 rings (SSSR count). The highest BCUT2D eigenvalue weighted by Crippen LogP contribution is 2.23. The molecule has 0 saturated heterocycles. The van der Waals surface area contributed by atoms with E-state index in [1.807, 2.05) is 30.3 Å². The highest BCUT2D eigenvalue weighted by atomic mass is 16.6. The van der Waals surface area contributed by atoms with Crippen LogP contribution >= 0.6 is 0 Å². The molecule has 0 aromatic heterocycles. The molecule has 0 spiro atoms. The highest BCUT2D eigenvalue weighted by Gasteiger charge is 2.22. The summed E-state index contributed by atoms with van der Waals surface area (Å²) >= 11 is 0. The van der Waals surface area contributed by atoms with E-state index in [1.165, 1.54) is 6.07 Å². The monoisotopic (exact) mass is 327 g/mol. The Morgan fingerprint density at radius 2 is 1.62 bits per heavy atom. The Morgan fingerprint density at radius 3 is 2.21 bits per heavy atom. The molecule has 2 N–H and O–H groups in total. The first-order chi connectivity index (χ1) is 11.3. The number of hydrogen-bond donors (Lipinski definition) is 2. The Balaban J connectivity index is 2.35. The number of carboxylic acid groups (broad SMARTS) is 1. The Bertz CT molecular complexity index is 720. The summed E-state index contributed by atoms with van der Waals surface area (Å²) in [6, 6.07) is 15.3. The fourth-order valence-electron chi connectivity index (χ4n) is 2.28. The number of carbonyl (C=O) groups is 2. The number of carbonyl (C=O) groups excluding carboxylic acids is 1. The highest BCUT2D eigenvalue weighted by molar-refractivity contribution is 5.87. The van der Waals surface area contributed by atoms with Gasteiger partial charge in [0.05, 0.1) is 11.6 Å². The molecule has 0 fully saturated rings. The molecule has 0 bridgehead atoms. The molecule has 0 aliphatic rings. The lowest BCUT2D eigenvalue weighted by Crippen LogP contribution is -2.35. The van der Waals surface area contributed by atoms with Gasteiger partial charge in [0.2, 0.25) is 0 Å². The van der Waals surface area contributed by atoms with Crippen molar-refractivity contribution >= 4 is 12.1 Å². The number of rotatable bonds is 4. The van der Waals surface area contributed by atoms with Crippen LogP contribution in [0.3, 0.4) is 0 Å². The van der Waals surface area contributed by atoms with Crippen LogP contribution in [0.5, 0.6) is 0 Å². The summed E-state index contributed by atoms with van der Waals surface area (Å²) in [5.41, 5.74) is 1.06. The lowest BCUT2D eigenvalue weighted by Gasteiger charge is -2.24. The topological polar surface area (TPSA) is 75.6 Å².